The van der Waals surface area contributed by atoms with Crippen LogP contribution in [0.1, 0.15) is 15.9 Å². The predicted octanol–water partition coefficient (Wildman–Crippen LogP) is 4.79. The lowest BCUT2D eigenvalue weighted by Gasteiger charge is -2.10. The van der Waals surface area contributed by atoms with E-state index in [2.05, 4.69) is 0 Å². The van der Waals surface area contributed by atoms with Crippen LogP contribution < -0.4 is 4.74 Å². The van der Waals surface area contributed by atoms with Gasteiger partial charge in [0.25, 0.3) is 0 Å². The van der Waals surface area contributed by atoms with Gasteiger partial charge in [-0.05, 0) is 36.8 Å². The second-order valence-electron chi connectivity index (χ2n) is 3.96. The van der Waals surface area contributed by atoms with Gasteiger partial charge in [0.2, 0.25) is 0 Å². The van der Waals surface area contributed by atoms with Gasteiger partial charge in [0.15, 0.2) is 0 Å². The lowest BCUT2D eigenvalue weighted by molar-refractivity contribution is 0.0696. The maximum absolute atomic E-state index is 10.9. The summed E-state index contributed by atoms with van der Waals surface area (Å²) in [6, 6.07) is 9.56. The highest BCUT2D eigenvalue weighted by Gasteiger charge is 2.09. The number of aryl methyl sites for hydroxylation is 1. The van der Waals surface area contributed by atoms with Gasteiger partial charge in [0.1, 0.15) is 11.5 Å². The third-order valence-electron chi connectivity index (χ3n) is 2.55. The average Bonchev–Trinajstić information content (AvgIpc) is 2.36. The molecule has 98 valence electrons. The third-order valence-corrected chi connectivity index (χ3v) is 3.29. The molecule has 0 aliphatic carbocycles. The molecule has 0 aromatic heterocycles. The van der Waals surface area contributed by atoms with Crippen molar-refractivity contribution in [3.63, 3.8) is 0 Å². The standard InChI is InChI=1S/C14H10Cl2O3/c1-8-2-3-9(14(17)18)6-13(8)19-10-4-5-11(15)12(16)7-10/h2-7H,1H3,(H,17,18). The molecule has 0 atom stereocenters. The van der Waals surface area contributed by atoms with Crippen molar-refractivity contribution in [2.45, 2.75) is 6.92 Å². The predicted molar refractivity (Wildman–Crippen MR) is 74.7 cm³/mol. The molecule has 0 aliphatic heterocycles. The van der Waals surface area contributed by atoms with Crippen LogP contribution in [0.3, 0.4) is 0 Å². The first kappa shape index (κ1) is 13.7. The molecule has 0 radical (unpaired) electrons. The fourth-order valence-electron chi connectivity index (χ4n) is 1.51. The van der Waals surface area contributed by atoms with Crippen LogP contribution in [-0.4, -0.2) is 11.1 Å². The number of benzene rings is 2. The van der Waals surface area contributed by atoms with Gasteiger partial charge in [-0.15, -0.1) is 0 Å². The molecule has 0 unspecified atom stereocenters. The summed E-state index contributed by atoms with van der Waals surface area (Å²) in [5.41, 5.74) is 0.997. The molecule has 2 aromatic rings. The zero-order chi connectivity index (χ0) is 14.0. The van der Waals surface area contributed by atoms with Crippen molar-refractivity contribution in [3.05, 3.63) is 57.6 Å². The fraction of sp³-hybridized carbons (Fsp3) is 0.0714. The van der Waals surface area contributed by atoms with Crippen molar-refractivity contribution in [2.75, 3.05) is 0 Å². The van der Waals surface area contributed by atoms with Crippen molar-refractivity contribution >= 4 is 29.2 Å². The number of rotatable bonds is 3. The number of carboxylic acid groups (broad SMARTS) is 1. The first-order valence-electron chi connectivity index (χ1n) is 5.44. The van der Waals surface area contributed by atoms with E-state index in [9.17, 15) is 4.79 Å². The summed E-state index contributed by atoms with van der Waals surface area (Å²) >= 11 is 11.7. The van der Waals surface area contributed by atoms with Crippen LogP contribution in [0.4, 0.5) is 0 Å². The van der Waals surface area contributed by atoms with Crippen LogP contribution in [0.2, 0.25) is 10.0 Å². The molecule has 0 bridgehead atoms. The van der Waals surface area contributed by atoms with Crippen LogP contribution in [0.5, 0.6) is 11.5 Å². The van der Waals surface area contributed by atoms with Crippen molar-refractivity contribution < 1.29 is 14.6 Å². The van der Waals surface area contributed by atoms with Gasteiger partial charge in [-0.2, -0.15) is 0 Å². The van der Waals surface area contributed by atoms with E-state index in [4.69, 9.17) is 33.0 Å². The maximum Gasteiger partial charge on any atom is 0.335 e. The lowest BCUT2D eigenvalue weighted by atomic mass is 10.1. The van der Waals surface area contributed by atoms with Gasteiger partial charge in [0, 0.05) is 6.07 Å². The first-order valence-corrected chi connectivity index (χ1v) is 6.20. The second-order valence-corrected chi connectivity index (χ2v) is 4.78. The van der Waals surface area contributed by atoms with Crippen molar-refractivity contribution in [1.82, 2.24) is 0 Å². The molecule has 3 nitrogen and oxygen atoms in total. The van der Waals surface area contributed by atoms with E-state index in [-0.39, 0.29) is 5.56 Å². The number of hydrogen-bond acceptors (Lipinski definition) is 2. The molecular formula is C14H10Cl2O3. The third kappa shape index (κ3) is 3.19. The Morgan fingerprint density at radius 2 is 1.84 bits per heavy atom. The molecule has 19 heavy (non-hydrogen) atoms. The summed E-state index contributed by atoms with van der Waals surface area (Å²) in [4.78, 5) is 10.9. The molecule has 0 amide bonds. The molecule has 0 saturated carbocycles. The Bertz CT molecular complexity index is 639. The Morgan fingerprint density at radius 1 is 1.11 bits per heavy atom. The van der Waals surface area contributed by atoms with Crippen molar-refractivity contribution in [3.8, 4) is 11.5 Å². The van der Waals surface area contributed by atoms with E-state index in [0.717, 1.165) is 5.56 Å². The SMILES string of the molecule is Cc1ccc(C(=O)O)cc1Oc1ccc(Cl)c(Cl)c1. The Kier molecular flexibility index (Phi) is 3.98. The van der Waals surface area contributed by atoms with Gasteiger partial charge >= 0.3 is 5.97 Å². The molecule has 0 aliphatic rings. The van der Waals surface area contributed by atoms with Gasteiger partial charge < -0.3 is 9.84 Å². The highest BCUT2D eigenvalue weighted by atomic mass is 35.5. The summed E-state index contributed by atoms with van der Waals surface area (Å²) in [6.07, 6.45) is 0. The molecule has 2 aromatic carbocycles. The molecule has 0 heterocycles. The fourth-order valence-corrected chi connectivity index (χ4v) is 1.80. The van der Waals surface area contributed by atoms with Crippen molar-refractivity contribution in [1.29, 1.82) is 0 Å². The van der Waals surface area contributed by atoms with E-state index < -0.39 is 5.97 Å². The lowest BCUT2D eigenvalue weighted by Crippen LogP contribution is -1.97. The summed E-state index contributed by atoms with van der Waals surface area (Å²) in [6.45, 7) is 1.83. The largest absolute Gasteiger partial charge is 0.478 e. The van der Waals surface area contributed by atoms with Gasteiger partial charge in [-0.3, -0.25) is 0 Å². The van der Waals surface area contributed by atoms with E-state index >= 15 is 0 Å². The minimum absolute atomic E-state index is 0.167. The van der Waals surface area contributed by atoms with Gasteiger partial charge in [-0.25, -0.2) is 4.79 Å². The smallest absolute Gasteiger partial charge is 0.335 e. The van der Waals surface area contributed by atoms with E-state index in [1.807, 2.05) is 6.92 Å². The molecular weight excluding hydrogens is 287 g/mol. The van der Waals surface area contributed by atoms with Gasteiger partial charge in [0.05, 0.1) is 15.6 Å². The van der Waals surface area contributed by atoms with Crippen LogP contribution in [0, 0.1) is 6.92 Å². The quantitative estimate of drug-likeness (QED) is 0.885. The Morgan fingerprint density at radius 3 is 2.47 bits per heavy atom. The van der Waals surface area contributed by atoms with E-state index in [1.54, 1.807) is 24.3 Å². The van der Waals surface area contributed by atoms with E-state index in [0.29, 0.717) is 21.5 Å². The molecule has 5 heteroatoms. The monoisotopic (exact) mass is 296 g/mol. The second kappa shape index (κ2) is 5.51. The first-order chi connectivity index (χ1) is 8.97. The molecule has 2 rings (SSSR count). The number of carboxylic acids is 1. The number of halogens is 2. The number of ether oxygens (including phenoxy) is 1. The highest BCUT2D eigenvalue weighted by molar-refractivity contribution is 6.42. The highest BCUT2D eigenvalue weighted by Crippen LogP contribution is 2.31. The molecule has 0 saturated heterocycles. The normalized spacial score (nSPS) is 10.3. The zero-order valence-corrected chi connectivity index (χ0v) is 11.5. The maximum atomic E-state index is 10.9. The Balaban J connectivity index is 2.34. The molecule has 1 N–H and O–H groups in total. The average molecular weight is 297 g/mol. The Hall–Kier alpha value is -1.71. The minimum Gasteiger partial charge on any atom is -0.478 e. The van der Waals surface area contributed by atoms with Crippen LogP contribution in [0.15, 0.2) is 36.4 Å². The summed E-state index contributed by atoms with van der Waals surface area (Å²) < 4.78 is 5.63. The molecule has 0 fully saturated rings. The summed E-state index contributed by atoms with van der Waals surface area (Å²) in [5.74, 6) is -0.0303. The molecule has 0 spiro atoms. The Labute approximate surface area is 120 Å². The number of carbonyl (C=O) groups is 1. The number of aromatic carboxylic acids is 1. The van der Waals surface area contributed by atoms with E-state index in [1.165, 1.54) is 12.1 Å². The topological polar surface area (TPSA) is 46.5 Å². The zero-order valence-electron chi connectivity index (χ0n) is 9.98. The van der Waals surface area contributed by atoms with Crippen LogP contribution in [-0.2, 0) is 0 Å². The van der Waals surface area contributed by atoms with Crippen molar-refractivity contribution in [2.24, 2.45) is 0 Å². The van der Waals surface area contributed by atoms with Crippen LogP contribution in [0.25, 0.3) is 0 Å². The van der Waals surface area contributed by atoms with Crippen LogP contribution >= 0.6 is 23.2 Å². The summed E-state index contributed by atoms with van der Waals surface area (Å²) in [7, 11) is 0. The van der Waals surface area contributed by atoms with Gasteiger partial charge in [-0.1, -0.05) is 29.3 Å². The summed E-state index contributed by atoms with van der Waals surface area (Å²) in [5, 5.41) is 9.77. The number of hydrogen-bond donors (Lipinski definition) is 1. The minimum atomic E-state index is -1.00.